The van der Waals surface area contributed by atoms with Crippen molar-refractivity contribution in [3.8, 4) is 0 Å². The predicted octanol–water partition coefficient (Wildman–Crippen LogP) is 4.36. The maximum atomic E-state index is 13.0. The van der Waals surface area contributed by atoms with Gasteiger partial charge in [-0.3, -0.25) is 14.5 Å². The average molecular weight is 357 g/mol. The zero-order valence-corrected chi connectivity index (χ0v) is 15.1. The van der Waals surface area contributed by atoms with Crippen LogP contribution in [0.1, 0.15) is 44.9 Å². The number of Topliss-reactive ketones (excluding diaryl/α,β-unsaturated/α-hetero) is 1. The molecule has 0 fully saturated rings. The molecule has 1 aromatic heterocycles. The minimum Gasteiger partial charge on any atom is -0.361 e. The highest BCUT2D eigenvalue weighted by Crippen LogP contribution is 2.37. The lowest BCUT2D eigenvalue weighted by atomic mass is 10.1. The Balaban J connectivity index is 1.73. The second-order valence-corrected chi connectivity index (χ2v) is 6.64. The first-order valence-corrected chi connectivity index (χ1v) is 8.77. The van der Waals surface area contributed by atoms with Gasteiger partial charge in [0.2, 0.25) is 0 Å². The van der Waals surface area contributed by atoms with Gasteiger partial charge in [0.05, 0.1) is 0 Å². The monoisotopic (exact) mass is 357 g/mol. The van der Waals surface area contributed by atoms with Gasteiger partial charge in [-0.15, -0.1) is 0 Å². The van der Waals surface area contributed by atoms with E-state index in [1.165, 1.54) is 0 Å². The van der Waals surface area contributed by atoms with Crippen molar-refractivity contribution < 1.29 is 9.59 Å². The van der Waals surface area contributed by atoms with Crippen LogP contribution in [0.4, 0.5) is 11.5 Å². The van der Waals surface area contributed by atoms with Gasteiger partial charge in [-0.1, -0.05) is 24.3 Å². The average Bonchev–Trinajstić information content (AvgIpc) is 2.95. The van der Waals surface area contributed by atoms with Crippen LogP contribution < -0.4 is 10.2 Å². The molecule has 1 N–H and O–H groups in total. The number of amides is 1. The van der Waals surface area contributed by atoms with Crippen LogP contribution in [0.2, 0.25) is 0 Å². The smallest absolute Gasteiger partial charge is 0.261 e. The number of carbonyl (C=O) groups excluding carboxylic acids is 2. The standard InChI is InChI=1S/C22H19N3O2/c1-14-7-12-20(23-13-14)25-21(18-5-3-4-6-19(18)22(25)27)24-17-10-8-16(9-11-17)15(2)26/h3-13,21,24H,1-2H3. The number of aromatic nitrogens is 1. The van der Waals surface area contributed by atoms with Crippen LogP contribution in [0.3, 0.4) is 0 Å². The largest absolute Gasteiger partial charge is 0.361 e. The van der Waals surface area contributed by atoms with E-state index >= 15 is 0 Å². The van der Waals surface area contributed by atoms with Crippen molar-refractivity contribution in [3.63, 3.8) is 0 Å². The lowest BCUT2D eigenvalue weighted by molar-refractivity contribution is 0.0989. The van der Waals surface area contributed by atoms with Gasteiger partial charge in [-0.25, -0.2) is 4.98 Å². The minimum absolute atomic E-state index is 0.0217. The summed E-state index contributed by atoms with van der Waals surface area (Å²) in [6, 6.07) is 18.6. The fraction of sp³-hybridized carbons (Fsp3) is 0.136. The Morgan fingerprint density at radius 2 is 1.78 bits per heavy atom. The molecule has 1 amide bonds. The number of hydrogen-bond acceptors (Lipinski definition) is 4. The van der Waals surface area contributed by atoms with Gasteiger partial charge in [-0.05, 0) is 55.8 Å². The Hall–Kier alpha value is -3.47. The quantitative estimate of drug-likeness (QED) is 0.705. The second kappa shape index (κ2) is 6.68. The molecule has 0 spiro atoms. The van der Waals surface area contributed by atoms with Crippen molar-refractivity contribution in [1.82, 2.24) is 4.98 Å². The number of aryl methyl sites for hydroxylation is 1. The summed E-state index contributed by atoms with van der Waals surface area (Å²) in [5.41, 5.74) is 4.08. The van der Waals surface area contributed by atoms with Crippen molar-refractivity contribution in [2.24, 2.45) is 0 Å². The highest BCUT2D eigenvalue weighted by atomic mass is 16.2. The van der Waals surface area contributed by atoms with Crippen molar-refractivity contribution in [2.75, 3.05) is 10.2 Å². The fourth-order valence-electron chi connectivity index (χ4n) is 3.26. The zero-order chi connectivity index (χ0) is 19.0. The molecule has 0 bridgehead atoms. The number of fused-ring (bicyclic) bond motifs is 1. The zero-order valence-electron chi connectivity index (χ0n) is 15.1. The molecule has 3 aromatic rings. The molecular formula is C22H19N3O2. The number of nitrogens with one attached hydrogen (secondary N) is 1. The van der Waals surface area contributed by atoms with Crippen LogP contribution >= 0.6 is 0 Å². The van der Waals surface area contributed by atoms with Crippen LogP contribution in [0.5, 0.6) is 0 Å². The molecule has 2 aromatic carbocycles. The maximum absolute atomic E-state index is 13.0. The van der Waals surface area contributed by atoms with Gasteiger partial charge < -0.3 is 5.32 Å². The van der Waals surface area contributed by atoms with Gasteiger partial charge in [0.1, 0.15) is 12.0 Å². The summed E-state index contributed by atoms with van der Waals surface area (Å²) in [7, 11) is 0. The van der Waals surface area contributed by atoms with E-state index in [1.807, 2.05) is 55.5 Å². The third-order valence-electron chi connectivity index (χ3n) is 4.70. The van der Waals surface area contributed by atoms with Gasteiger partial charge in [-0.2, -0.15) is 0 Å². The molecule has 0 radical (unpaired) electrons. The van der Waals surface area contributed by atoms with E-state index in [0.29, 0.717) is 16.9 Å². The molecule has 0 saturated carbocycles. The van der Waals surface area contributed by atoms with E-state index in [9.17, 15) is 9.59 Å². The van der Waals surface area contributed by atoms with Crippen molar-refractivity contribution in [1.29, 1.82) is 0 Å². The lowest BCUT2D eigenvalue weighted by Gasteiger charge is -2.26. The highest BCUT2D eigenvalue weighted by molar-refractivity contribution is 6.11. The van der Waals surface area contributed by atoms with Crippen LogP contribution in [0.25, 0.3) is 0 Å². The van der Waals surface area contributed by atoms with Crippen LogP contribution in [0, 0.1) is 6.92 Å². The van der Waals surface area contributed by atoms with E-state index in [0.717, 1.165) is 16.8 Å². The summed E-state index contributed by atoms with van der Waals surface area (Å²) < 4.78 is 0. The van der Waals surface area contributed by atoms with Crippen LogP contribution in [-0.4, -0.2) is 16.7 Å². The molecule has 27 heavy (non-hydrogen) atoms. The number of pyridine rings is 1. The van der Waals surface area contributed by atoms with Crippen molar-refractivity contribution >= 4 is 23.2 Å². The maximum Gasteiger partial charge on any atom is 0.261 e. The molecule has 1 unspecified atom stereocenters. The van der Waals surface area contributed by atoms with E-state index < -0.39 is 0 Å². The summed E-state index contributed by atoms with van der Waals surface area (Å²) in [5, 5.41) is 3.41. The number of rotatable bonds is 4. The molecule has 1 aliphatic rings. The molecule has 1 atom stereocenters. The van der Waals surface area contributed by atoms with Crippen molar-refractivity contribution in [3.05, 3.63) is 89.1 Å². The summed E-state index contributed by atoms with van der Waals surface area (Å²) in [4.78, 5) is 30.6. The molecular weight excluding hydrogens is 338 g/mol. The van der Waals surface area contributed by atoms with Gasteiger partial charge in [0.15, 0.2) is 5.78 Å². The Kier molecular flexibility index (Phi) is 4.20. The lowest BCUT2D eigenvalue weighted by Crippen LogP contribution is -2.32. The van der Waals surface area contributed by atoms with Gasteiger partial charge >= 0.3 is 0 Å². The first-order valence-electron chi connectivity index (χ1n) is 8.77. The third-order valence-corrected chi connectivity index (χ3v) is 4.70. The molecule has 0 saturated heterocycles. The van der Waals surface area contributed by atoms with Gasteiger partial charge in [0, 0.05) is 28.6 Å². The summed E-state index contributed by atoms with van der Waals surface area (Å²) in [5.74, 6) is 0.535. The first kappa shape index (κ1) is 17.0. The molecule has 5 nitrogen and oxygen atoms in total. The number of carbonyl (C=O) groups is 2. The topological polar surface area (TPSA) is 62.3 Å². The summed E-state index contributed by atoms with van der Waals surface area (Å²) in [6.45, 7) is 3.50. The molecule has 5 heteroatoms. The normalized spacial score (nSPS) is 15.6. The number of nitrogens with zero attached hydrogens (tertiary/aromatic N) is 2. The van der Waals surface area contributed by atoms with Gasteiger partial charge in [0.25, 0.3) is 5.91 Å². The number of anilines is 2. The Morgan fingerprint density at radius 3 is 2.44 bits per heavy atom. The Labute approximate surface area is 157 Å². The molecule has 2 heterocycles. The minimum atomic E-state index is -0.368. The number of benzene rings is 2. The SMILES string of the molecule is CC(=O)c1ccc(NC2c3ccccc3C(=O)N2c2ccc(C)cn2)cc1. The molecule has 134 valence electrons. The van der Waals surface area contributed by atoms with Crippen LogP contribution in [-0.2, 0) is 0 Å². The van der Waals surface area contributed by atoms with Crippen molar-refractivity contribution in [2.45, 2.75) is 20.0 Å². The van der Waals surface area contributed by atoms with E-state index in [-0.39, 0.29) is 17.9 Å². The van der Waals surface area contributed by atoms with E-state index in [4.69, 9.17) is 0 Å². The number of ketones is 1. The number of hydrogen-bond donors (Lipinski definition) is 1. The highest BCUT2D eigenvalue weighted by Gasteiger charge is 2.38. The van der Waals surface area contributed by atoms with E-state index in [2.05, 4.69) is 10.3 Å². The Morgan fingerprint density at radius 1 is 1.04 bits per heavy atom. The third kappa shape index (κ3) is 3.08. The summed E-state index contributed by atoms with van der Waals surface area (Å²) >= 11 is 0. The molecule has 1 aliphatic heterocycles. The van der Waals surface area contributed by atoms with Crippen LogP contribution in [0.15, 0.2) is 66.9 Å². The molecule has 4 rings (SSSR count). The van der Waals surface area contributed by atoms with E-state index in [1.54, 1.807) is 30.2 Å². The predicted molar refractivity (Wildman–Crippen MR) is 105 cm³/mol. The Bertz CT molecular complexity index is 1010. The summed E-state index contributed by atoms with van der Waals surface area (Å²) in [6.07, 6.45) is 1.39. The molecule has 0 aliphatic carbocycles. The first-order chi connectivity index (χ1) is 13.0. The second-order valence-electron chi connectivity index (χ2n) is 6.64. The fourth-order valence-corrected chi connectivity index (χ4v) is 3.26.